The fourth-order valence-corrected chi connectivity index (χ4v) is 2.22. The van der Waals surface area contributed by atoms with Gasteiger partial charge in [-0.05, 0) is 12.1 Å². The Morgan fingerprint density at radius 2 is 2.00 bits per heavy atom. The summed E-state index contributed by atoms with van der Waals surface area (Å²) < 4.78 is 3.27. The van der Waals surface area contributed by atoms with Gasteiger partial charge in [-0.1, -0.05) is 12.1 Å². The number of phenolic OH excluding ortho intramolecular Hbond substituents is 1. The summed E-state index contributed by atoms with van der Waals surface area (Å²) in [4.78, 5) is 8.78. The molecule has 7 heteroatoms. The smallest absolute Gasteiger partial charge is 0.185 e. The Labute approximate surface area is 113 Å². The van der Waals surface area contributed by atoms with Gasteiger partial charge in [-0.3, -0.25) is 4.68 Å². The van der Waals surface area contributed by atoms with E-state index >= 15 is 0 Å². The monoisotopic (exact) mass is 266 g/mol. The number of para-hydroxylation sites is 1. The summed E-state index contributed by atoms with van der Waals surface area (Å²) in [5.74, 6) is 0.611. The highest BCUT2D eigenvalue weighted by molar-refractivity contribution is 5.89. The van der Waals surface area contributed by atoms with Crippen LogP contribution in [0.5, 0.6) is 5.75 Å². The van der Waals surface area contributed by atoms with E-state index in [1.165, 1.54) is 0 Å². The van der Waals surface area contributed by atoms with Crippen LogP contribution in [-0.4, -0.2) is 34.5 Å². The molecule has 7 nitrogen and oxygen atoms in total. The molecule has 1 aromatic carbocycles. The maximum absolute atomic E-state index is 9.89. The predicted molar refractivity (Wildman–Crippen MR) is 72.2 cm³/mol. The van der Waals surface area contributed by atoms with Crippen molar-refractivity contribution in [3.05, 3.63) is 36.8 Å². The van der Waals surface area contributed by atoms with Crippen molar-refractivity contribution >= 4 is 16.7 Å². The van der Waals surface area contributed by atoms with Gasteiger partial charge >= 0.3 is 0 Å². The van der Waals surface area contributed by atoms with Crippen molar-refractivity contribution in [2.24, 2.45) is 7.05 Å². The summed E-state index contributed by atoms with van der Waals surface area (Å²) in [7, 11) is 1.83. The zero-order valence-corrected chi connectivity index (χ0v) is 10.6. The Balaban J connectivity index is 2.04. The van der Waals surface area contributed by atoms with Crippen LogP contribution in [0.4, 0.5) is 0 Å². The predicted octanol–water partition coefficient (Wildman–Crippen LogP) is 1.38. The van der Waals surface area contributed by atoms with Crippen LogP contribution >= 0.6 is 0 Å². The molecule has 0 unspecified atom stereocenters. The molecule has 1 N–H and O–H groups in total. The van der Waals surface area contributed by atoms with Crippen molar-refractivity contribution in [1.29, 1.82) is 0 Å². The van der Waals surface area contributed by atoms with Gasteiger partial charge in [0.1, 0.15) is 12.1 Å². The zero-order chi connectivity index (χ0) is 13.7. The van der Waals surface area contributed by atoms with Crippen molar-refractivity contribution in [2.45, 2.75) is 0 Å². The van der Waals surface area contributed by atoms with Crippen LogP contribution in [0.1, 0.15) is 0 Å². The lowest BCUT2D eigenvalue weighted by Gasteiger charge is -1.97. The van der Waals surface area contributed by atoms with E-state index in [9.17, 15) is 5.11 Å². The first-order chi connectivity index (χ1) is 9.74. The summed E-state index contributed by atoms with van der Waals surface area (Å²) in [6.45, 7) is 0. The second-order valence-electron chi connectivity index (χ2n) is 4.47. The number of aromatic hydroxyl groups is 1. The number of aryl methyl sites for hydroxylation is 1. The topological polar surface area (TPSA) is 81.1 Å². The molecular weight excluding hydrogens is 256 g/mol. The zero-order valence-electron chi connectivity index (χ0n) is 10.6. The van der Waals surface area contributed by atoms with Crippen LogP contribution in [0.25, 0.3) is 28.1 Å². The second-order valence-corrected chi connectivity index (χ2v) is 4.47. The molecule has 0 aliphatic carbocycles. The van der Waals surface area contributed by atoms with E-state index in [0.717, 1.165) is 11.0 Å². The highest BCUT2D eigenvalue weighted by Crippen LogP contribution is 2.27. The van der Waals surface area contributed by atoms with Gasteiger partial charge in [0, 0.05) is 7.05 Å². The van der Waals surface area contributed by atoms with E-state index in [-0.39, 0.29) is 5.75 Å². The van der Waals surface area contributed by atoms with E-state index in [1.54, 1.807) is 39.9 Å². The Morgan fingerprint density at radius 3 is 2.85 bits per heavy atom. The summed E-state index contributed by atoms with van der Waals surface area (Å²) >= 11 is 0. The number of phenols is 1. The highest BCUT2D eigenvalue weighted by atomic mass is 16.3. The number of aromatic nitrogens is 6. The summed E-state index contributed by atoms with van der Waals surface area (Å²) in [6.07, 6.45) is 3.30. The lowest BCUT2D eigenvalue weighted by Crippen LogP contribution is -1.94. The van der Waals surface area contributed by atoms with Gasteiger partial charge in [-0.15, -0.1) is 5.10 Å². The minimum absolute atomic E-state index is 0.152. The van der Waals surface area contributed by atoms with Gasteiger partial charge in [0.05, 0.1) is 17.1 Å². The number of benzene rings is 1. The first kappa shape index (κ1) is 10.9. The van der Waals surface area contributed by atoms with Gasteiger partial charge in [0.2, 0.25) is 0 Å². The minimum atomic E-state index is 0.152. The average Bonchev–Trinajstić information content (AvgIpc) is 3.03. The maximum atomic E-state index is 9.89. The van der Waals surface area contributed by atoms with Crippen molar-refractivity contribution in [3.8, 4) is 17.1 Å². The maximum Gasteiger partial charge on any atom is 0.185 e. The van der Waals surface area contributed by atoms with Crippen LogP contribution in [0.15, 0.2) is 36.8 Å². The molecule has 0 aliphatic rings. The van der Waals surface area contributed by atoms with Gasteiger partial charge in [-0.25, -0.2) is 14.5 Å². The molecule has 3 aromatic heterocycles. The lowest BCUT2D eigenvalue weighted by molar-refractivity contribution is 0.477. The minimum Gasteiger partial charge on any atom is -0.507 e. The number of hydrogen-bond acceptors (Lipinski definition) is 5. The van der Waals surface area contributed by atoms with Gasteiger partial charge in [0.15, 0.2) is 17.1 Å². The molecule has 0 radical (unpaired) electrons. The molecule has 0 aliphatic heterocycles. The van der Waals surface area contributed by atoms with E-state index in [1.807, 2.05) is 13.1 Å². The molecule has 0 spiro atoms. The molecule has 20 heavy (non-hydrogen) atoms. The van der Waals surface area contributed by atoms with Crippen LogP contribution in [0.3, 0.4) is 0 Å². The Kier molecular flexibility index (Phi) is 2.06. The van der Waals surface area contributed by atoms with Crippen molar-refractivity contribution in [2.75, 3.05) is 0 Å². The molecule has 4 rings (SSSR count). The van der Waals surface area contributed by atoms with Crippen molar-refractivity contribution in [3.63, 3.8) is 0 Å². The van der Waals surface area contributed by atoms with E-state index < -0.39 is 0 Å². The molecule has 98 valence electrons. The first-order valence-corrected chi connectivity index (χ1v) is 6.05. The Hall–Kier alpha value is -2.96. The number of fused-ring (bicyclic) bond motifs is 3. The quantitative estimate of drug-likeness (QED) is 0.563. The third-order valence-electron chi connectivity index (χ3n) is 3.21. The average molecular weight is 266 g/mol. The summed E-state index contributed by atoms with van der Waals surface area (Å²) in [5.41, 5.74) is 2.00. The van der Waals surface area contributed by atoms with Crippen LogP contribution < -0.4 is 0 Å². The van der Waals surface area contributed by atoms with Gasteiger partial charge < -0.3 is 5.11 Å². The molecular formula is C13H10N6O. The molecule has 0 fully saturated rings. The SMILES string of the molecule is Cn1ncc2c1ncn1nc(-c3ccccc3O)nc21. The summed E-state index contributed by atoms with van der Waals surface area (Å²) in [5, 5.41) is 19.2. The largest absolute Gasteiger partial charge is 0.507 e. The molecule has 0 bridgehead atoms. The van der Waals surface area contributed by atoms with Crippen LogP contribution in [-0.2, 0) is 7.05 Å². The number of hydrogen-bond donors (Lipinski definition) is 1. The standard InChI is InChI=1S/C13H10N6O/c1-18-12-9(6-15-18)13-16-11(17-19(13)7-14-12)8-4-2-3-5-10(8)20/h2-7,20H,1H3. The molecule has 0 atom stereocenters. The first-order valence-electron chi connectivity index (χ1n) is 6.05. The lowest BCUT2D eigenvalue weighted by atomic mass is 10.2. The molecule has 4 aromatic rings. The van der Waals surface area contributed by atoms with E-state index in [0.29, 0.717) is 17.0 Å². The molecule has 3 heterocycles. The normalized spacial score (nSPS) is 11.4. The van der Waals surface area contributed by atoms with Gasteiger partial charge in [-0.2, -0.15) is 5.10 Å². The van der Waals surface area contributed by atoms with E-state index in [4.69, 9.17) is 0 Å². The molecule has 0 saturated heterocycles. The fourth-order valence-electron chi connectivity index (χ4n) is 2.22. The van der Waals surface area contributed by atoms with Crippen LogP contribution in [0, 0.1) is 0 Å². The molecule has 0 saturated carbocycles. The summed E-state index contributed by atoms with van der Waals surface area (Å²) in [6, 6.07) is 6.98. The number of nitrogens with zero attached hydrogens (tertiary/aromatic N) is 6. The third-order valence-corrected chi connectivity index (χ3v) is 3.21. The molecule has 0 amide bonds. The van der Waals surface area contributed by atoms with Crippen molar-refractivity contribution < 1.29 is 5.11 Å². The third kappa shape index (κ3) is 1.40. The highest BCUT2D eigenvalue weighted by Gasteiger charge is 2.14. The number of rotatable bonds is 1. The van der Waals surface area contributed by atoms with E-state index in [2.05, 4.69) is 20.2 Å². The van der Waals surface area contributed by atoms with Crippen LogP contribution in [0.2, 0.25) is 0 Å². The second kappa shape index (κ2) is 3.77. The Morgan fingerprint density at radius 1 is 1.15 bits per heavy atom. The fraction of sp³-hybridized carbons (Fsp3) is 0.0769. The van der Waals surface area contributed by atoms with Gasteiger partial charge in [0.25, 0.3) is 0 Å². The Bertz CT molecular complexity index is 938. The van der Waals surface area contributed by atoms with Crippen molar-refractivity contribution in [1.82, 2.24) is 29.4 Å².